The minimum atomic E-state index is 0.703. The summed E-state index contributed by atoms with van der Waals surface area (Å²) in [5, 5.41) is 8.99. The largest absolute Gasteiger partial charge is 0.160 e. The number of hydrogen-bond donors (Lipinski definition) is 0. The zero-order valence-electron chi connectivity index (χ0n) is 10.1. The summed E-state index contributed by atoms with van der Waals surface area (Å²) in [5.74, 6) is 0.703. The highest BCUT2D eigenvalue weighted by molar-refractivity contribution is 6.02. The van der Waals surface area contributed by atoms with Gasteiger partial charge in [0.1, 0.15) is 0 Å². The van der Waals surface area contributed by atoms with Crippen LogP contribution in [0, 0.1) is 5.92 Å². The molecular weight excluding hydrogens is 208 g/mol. The lowest BCUT2D eigenvalue weighted by atomic mass is 9.83. The van der Waals surface area contributed by atoms with Crippen LogP contribution in [0.2, 0.25) is 0 Å². The third kappa shape index (κ3) is 2.31. The Kier molecular flexibility index (Phi) is 3.04. The van der Waals surface area contributed by atoms with Crippen LogP contribution >= 0.6 is 0 Å². The van der Waals surface area contributed by atoms with E-state index in [4.69, 9.17) is 0 Å². The number of benzene rings is 1. The SMILES string of the molecule is c1ccc(C2=NN=C3CCCCC3CC2)cc1. The summed E-state index contributed by atoms with van der Waals surface area (Å²) in [4.78, 5) is 0. The zero-order valence-corrected chi connectivity index (χ0v) is 10.1. The summed E-state index contributed by atoms with van der Waals surface area (Å²) in [6, 6.07) is 10.5. The number of rotatable bonds is 1. The van der Waals surface area contributed by atoms with Crippen LogP contribution in [0.4, 0.5) is 0 Å². The molecule has 17 heavy (non-hydrogen) atoms. The van der Waals surface area contributed by atoms with Crippen molar-refractivity contribution in [3.8, 4) is 0 Å². The normalized spacial score (nSPS) is 24.4. The van der Waals surface area contributed by atoms with Gasteiger partial charge in [-0.2, -0.15) is 10.2 Å². The maximum absolute atomic E-state index is 4.51. The van der Waals surface area contributed by atoms with E-state index in [2.05, 4.69) is 34.5 Å². The highest BCUT2D eigenvalue weighted by Gasteiger charge is 2.23. The summed E-state index contributed by atoms with van der Waals surface area (Å²) < 4.78 is 0. The van der Waals surface area contributed by atoms with Gasteiger partial charge in [0, 0.05) is 5.71 Å². The molecule has 1 atom stereocenters. The number of hydrogen-bond acceptors (Lipinski definition) is 2. The molecule has 0 N–H and O–H groups in total. The van der Waals surface area contributed by atoms with Crippen LogP contribution in [0.5, 0.6) is 0 Å². The molecule has 2 heteroatoms. The van der Waals surface area contributed by atoms with Gasteiger partial charge < -0.3 is 0 Å². The fraction of sp³-hybridized carbons (Fsp3) is 0.467. The van der Waals surface area contributed by atoms with Crippen LogP contribution in [-0.4, -0.2) is 11.4 Å². The molecule has 0 aromatic heterocycles. The van der Waals surface area contributed by atoms with Crippen LogP contribution in [-0.2, 0) is 0 Å². The van der Waals surface area contributed by atoms with Gasteiger partial charge in [0.2, 0.25) is 0 Å². The third-order valence-corrected chi connectivity index (χ3v) is 3.84. The molecule has 88 valence electrons. The van der Waals surface area contributed by atoms with Crippen molar-refractivity contribution in [1.82, 2.24) is 0 Å². The second-order valence-corrected chi connectivity index (χ2v) is 4.99. The molecule has 1 aliphatic heterocycles. The first-order chi connectivity index (χ1) is 8.43. The second-order valence-electron chi connectivity index (χ2n) is 4.99. The van der Waals surface area contributed by atoms with Crippen molar-refractivity contribution in [3.63, 3.8) is 0 Å². The van der Waals surface area contributed by atoms with Crippen molar-refractivity contribution >= 4 is 11.4 Å². The molecule has 1 aliphatic carbocycles. The van der Waals surface area contributed by atoms with Crippen molar-refractivity contribution in [2.24, 2.45) is 16.1 Å². The molecule has 2 aliphatic rings. The lowest BCUT2D eigenvalue weighted by Gasteiger charge is -2.21. The first kappa shape index (κ1) is 10.7. The summed E-state index contributed by atoms with van der Waals surface area (Å²) in [6.45, 7) is 0. The monoisotopic (exact) mass is 226 g/mol. The maximum Gasteiger partial charge on any atom is 0.0702 e. The summed E-state index contributed by atoms with van der Waals surface area (Å²) in [7, 11) is 0. The minimum Gasteiger partial charge on any atom is -0.160 e. The van der Waals surface area contributed by atoms with E-state index in [0.717, 1.165) is 18.6 Å². The molecule has 1 aromatic rings. The molecule has 1 aromatic carbocycles. The zero-order chi connectivity index (χ0) is 11.5. The van der Waals surface area contributed by atoms with Gasteiger partial charge in [-0.15, -0.1) is 0 Å². The van der Waals surface area contributed by atoms with Gasteiger partial charge >= 0.3 is 0 Å². The highest BCUT2D eigenvalue weighted by atomic mass is 15.2. The van der Waals surface area contributed by atoms with Crippen LogP contribution in [0.3, 0.4) is 0 Å². The third-order valence-electron chi connectivity index (χ3n) is 3.84. The predicted octanol–water partition coefficient (Wildman–Crippen LogP) is 3.82. The Labute approximate surface area is 102 Å². The Bertz CT molecular complexity index is 445. The van der Waals surface area contributed by atoms with Crippen LogP contribution in [0.15, 0.2) is 40.5 Å². The van der Waals surface area contributed by atoms with Gasteiger partial charge in [-0.1, -0.05) is 36.8 Å². The summed E-state index contributed by atoms with van der Waals surface area (Å²) >= 11 is 0. The molecule has 0 radical (unpaired) electrons. The molecule has 1 fully saturated rings. The predicted molar refractivity (Wildman–Crippen MR) is 71.6 cm³/mol. The molecule has 3 rings (SSSR count). The van der Waals surface area contributed by atoms with E-state index in [9.17, 15) is 0 Å². The van der Waals surface area contributed by atoms with Crippen LogP contribution in [0.1, 0.15) is 44.1 Å². The number of nitrogens with zero attached hydrogens (tertiary/aromatic N) is 2. The summed E-state index contributed by atoms with van der Waals surface area (Å²) in [6.07, 6.45) is 7.44. The van der Waals surface area contributed by atoms with E-state index in [1.54, 1.807) is 0 Å². The molecule has 0 spiro atoms. The molecule has 0 amide bonds. The second kappa shape index (κ2) is 4.82. The Morgan fingerprint density at radius 3 is 2.65 bits per heavy atom. The van der Waals surface area contributed by atoms with Crippen LogP contribution < -0.4 is 0 Å². The van der Waals surface area contributed by atoms with Crippen molar-refractivity contribution in [2.45, 2.75) is 38.5 Å². The minimum absolute atomic E-state index is 0.703. The van der Waals surface area contributed by atoms with Crippen molar-refractivity contribution in [2.75, 3.05) is 0 Å². The van der Waals surface area contributed by atoms with E-state index >= 15 is 0 Å². The Balaban J connectivity index is 1.85. The van der Waals surface area contributed by atoms with Crippen LogP contribution in [0.25, 0.3) is 0 Å². The average molecular weight is 226 g/mol. The van der Waals surface area contributed by atoms with E-state index in [-0.39, 0.29) is 0 Å². The standard InChI is InChI=1S/C15H18N2/c1-2-6-12(7-3-1)15-11-10-13-8-4-5-9-14(13)16-17-15/h1-3,6-7,13H,4-5,8-11H2. The molecule has 0 bridgehead atoms. The topological polar surface area (TPSA) is 24.7 Å². The lowest BCUT2D eigenvalue weighted by Crippen LogP contribution is -2.18. The van der Waals surface area contributed by atoms with Gasteiger partial charge in [0.15, 0.2) is 0 Å². The highest BCUT2D eigenvalue weighted by Crippen LogP contribution is 2.28. The van der Waals surface area contributed by atoms with Crippen molar-refractivity contribution < 1.29 is 0 Å². The molecule has 2 nitrogen and oxygen atoms in total. The van der Waals surface area contributed by atoms with Gasteiger partial charge in [-0.25, -0.2) is 0 Å². The Morgan fingerprint density at radius 2 is 1.76 bits per heavy atom. The molecule has 1 saturated carbocycles. The van der Waals surface area contributed by atoms with E-state index in [1.807, 2.05) is 6.07 Å². The first-order valence-corrected chi connectivity index (χ1v) is 6.62. The van der Waals surface area contributed by atoms with Gasteiger partial charge in [-0.05, 0) is 43.6 Å². The molecule has 1 unspecified atom stereocenters. The summed E-state index contributed by atoms with van der Waals surface area (Å²) in [5.41, 5.74) is 3.74. The maximum atomic E-state index is 4.51. The fourth-order valence-electron chi connectivity index (χ4n) is 2.83. The molecule has 0 saturated heterocycles. The van der Waals surface area contributed by atoms with Crippen molar-refractivity contribution in [1.29, 1.82) is 0 Å². The van der Waals surface area contributed by atoms with E-state index < -0.39 is 0 Å². The Hall–Kier alpha value is -1.44. The quantitative estimate of drug-likeness (QED) is 0.695. The van der Waals surface area contributed by atoms with Gasteiger partial charge in [0.05, 0.1) is 5.71 Å². The van der Waals surface area contributed by atoms with E-state index in [1.165, 1.54) is 37.0 Å². The van der Waals surface area contributed by atoms with Crippen molar-refractivity contribution in [3.05, 3.63) is 35.9 Å². The smallest absolute Gasteiger partial charge is 0.0702 e. The molecular formula is C15H18N2. The average Bonchev–Trinajstić information content (AvgIpc) is 2.62. The molecule has 1 heterocycles. The first-order valence-electron chi connectivity index (χ1n) is 6.62. The fourth-order valence-corrected chi connectivity index (χ4v) is 2.83. The Morgan fingerprint density at radius 1 is 0.882 bits per heavy atom. The lowest BCUT2D eigenvalue weighted by molar-refractivity contribution is 0.507. The number of fused-ring (bicyclic) bond motifs is 1. The van der Waals surface area contributed by atoms with Gasteiger partial charge in [0.25, 0.3) is 0 Å². The van der Waals surface area contributed by atoms with Gasteiger partial charge in [-0.3, -0.25) is 0 Å². The van der Waals surface area contributed by atoms with E-state index in [0.29, 0.717) is 5.92 Å².